The normalized spacial score (nSPS) is 16.4. The molecule has 1 aliphatic heterocycles. The third-order valence-electron chi connectivity index (χ3n) is 6.09. The molecule has 3 aromatic rings. The Labute approximate surface area is 180 Å². The summed E-state index contributed by atoms with van der Waals surface area (Å²) in [5, 5.41) is 20.6. The maximum absolute atomic E-state index is 12.4. The molecule has 4 rings (SSSR count). The summed E-state index contributed by atoms with van der Waals surface area (Å²) in [5.41, 5.74) is 2.34. The summed E-state index contributed by atoms with van der Waals surface area (Å²) in [7, 11) is 1.67. The number of aromatic carboxylic acids is 1. The van der Waals surface area contributed by atoms with Crippen molar-refractivity contribution in [1.29, 1.82) is 0 Å². The lowest BCUT2D eigenvalue weighted by atomic mass is 10.00. The lowest BCUT2D eigenvalue weighted by molar-refractivity contribution is -0.144. The molecular weight excluding hydrogens is 396 g/mol. The number of aromatic nitrogens is 2. The molecule has 162 valence electrons. The first kappa shape index (κ1) is 21.0. The molecule has 3 heterocycles. The van der Waals surface area contributed by atoms with Gasteiger partial charge in [-0.1, -0.05) is 18.2 Å². The fourth-order valence-corrected chi connectivity index (χ4v) is 4.50. The van der Waals surface area contributed by atoms with Crippen LogP contribution in [0.2, 0.25) is 0 Å². The van der Waals surface area contributed by atoms with Crippen molar-refractivity contribution in [3.63, 3.8) is 0 Å². The molecule has 2 aromatic heterocycles. The van der Waals surface area contributed by atoms with E-state index in [2.05, 4.69) is 9.88 Å². The number of hydrogen-bond acceptors (Lipinski definition) is 5. The molecule has 0 saturated carbocycles. The molecule has 0 amide bonds. The summed E-state index contributed by atoms with van der Waals surface area (Å²) in [6.07, 6.45) is 4.49. The Morgan fingerprint density at radius 2 is 1.71 bits per heavy atom. The highest BCUT2D eigenvalue weighted by Gasteiger charge is 2.36. The molecule has 0 radical (unpaired) electrons. The van der Waals surface area contributed by atoms with Gasteiger partial charge in [-0.3, -0.25) is 14.7 Å². The summed E-state index contributed by atoms with van der Waals surface area (Å²) >= 11 is 0. The van der Waals surface area contributed by atoms with Crippen LogP contribution in [0.4, 0.5) is 0 Å². The second kappa shape index (κ2) is 8.87. The molecule has 1 fully saturated rings. The number of carboxylic acids is 2. The van der Waals surface area contributed by atoms with Crippen molar-refractivity contribution in [2.75, 3.05) is 32.7 Å². The standard InChI is InChI=1S/C23H26N4O4/c1-25-18-5-3-2-4-17(18)19(20(25)22(28)29)21(23(30)31)27-14-12-26(13-15-27)11-8-16-6-9-24-10-7-16/h2-7,9-10,21H,8,11-15H2,1H3,(H,28,29)(H,30,31)/t21-/m1/s1. The topological polar surface area (TPSA) is 98.9 Å². The molecule has 0 bridgehead atoms. The average Bonchev–Trinajstić information content (AvgIpc) is 3.06. The smallest absolute Gasteiger partial charge is 0.352 e. The first-order chi connectivity index (χ1) is 15.0. The molecular formula is C23H26N4O4. The zero-order chi connectivity index (χ0) is 22.0. The van der Waals surface area contributed by atoms with Gasteiger partial charge in [0, 0.05) is 68.6 Å². The van der Waals surface area contributed by atoms with E-state index < -0.39 is 18.0 Å². The zero-order valence-corrected chi connectivity index (χ0v) is 17.4. The van der Waals surface area contributed by atoms with Crippen LogP contribution in [0.1, 0.15) is 27.7 Å². The van der Waals surface area contributed by atoms with Gasteiger partial charge in [0.15, 0.2) is 0 Å². The first-order valence-electron chi connectivity index (χ1n) is 10.4. The number of carboxylic acid groups (broad SMARTS) is 2. The van der Waals surface area contributed by atoms with Crippen LogP contribution in [0.5, 0.6) is 0 Å². The van der Waals surface area contributed by atoms with Crippen molar-refractivity contribution in [3.8, 4) is 0 Å². The van der Waals surface area contributed by atoms with Crippen LogP contribution in [0.15, 0.2) is 48.8 Å². The number of aryl methyl sites for hydroxylation is 1. The molecule has 1 aliphatic rings. The van der Waals surface area contributed by atoms with Gasteiger partial charge >= 0.3 is 11.9 Å². The average molecular weight is 422 g/mol. The van der Waals surface area contributed by atoms with E-state index in [1.54, 1.807) is 30.1 Å². The minimum atomic E-state index is -1.11. The highest BCUT2D eigenvalue weighted by molar-refractivity contribution is 6.01. The van der Waals surface area contributed by atoms with Crippen LogP contribution in [0.25, 0.3) is 10.9 Å². The molecule has 8 heteroatoms. The SMILES string of the molecule is Cn1c(C(=O)O)c([C@H](C(=O)O)N2CCN(CCc3ccncc3)CC2)c2ccccc21. The number of fused-ring (bicyclic) bond motifs is 1. The number of para-hydroxylation sites is 1. The molecule has 0 unspecified atom stereocenters. The van der Waals surface area contributed by atoms with Crippen LogP contribution in [0.3, 0.4) is 0 Å². The van der Waals surface area contributed by atoms with Crippen LogP contribution >= 0.6 is 0 Å². The van der Waals surface area contributed by atoms with Gasteiger partial charge in [-0.25, -0.2) is 4.79 Å². The number of aliphatic carboxylic acids is 1. The number of rotatable bonds is 7. The molecule has 0 aliphatic carbocycles. The molecule has 1 aromatic carbocycles. The third kappa shape index (κ3) is 4.17. The molecule has 1 atom stereocenters. The maximum Gasteiger partial charge on any atom is 0.352 e. The van der Waals surface area contributed by atoms with E-state index in [0.29, 0.717) is 24.0 Å². The second-order valence-corrected chi connectivity index (χ2v) is 7.87. The van der Waals surface area contributed by atoms with Gasteiger partial charge in [-0.05, 0) is 30.2 Å². The molecule has 0 spiro atoms. The van der Waals surface area contributed by atoms with Crippen LogP contribution in [0, 0.1) is 0 Å². The Morgan fingerprint density at radius 3 is 2.35 bits per heavy atom. The lowest BCUT2D eigenvalue weighted by Crippen LogP contribution is -2.49. The summed E-state index contributed by atoms with van der Waals surface area (Å²) in [6.45, 7) is 3.50. The van der Waals surface area contributed by atoms with Crippen molar-refractivity contribution in [3.05, 3.63) is 65.6 Å². The van der Waals surface area contributed by atoms with Gasteiger partial charge in [0.25, 0.3) is 0 Å². The van der Waals surface area contributed by atoms with E-state index in [9.17, 15) is 19.8 Å². The zero-order valence-electron chi connectivity index (χ0n) is 17.4. The summed E-state index contributed by atoms with van der Waals surface area (Å²) < 4.78 is 1.58. The van der Waals surface area contributed by atoms with Crippen molar-refractivity contribution in [2.45, 2.75) is 12.5 Å². The first-order valence-corrected chi connectivity index (χ1v) is 10.4. The quantitative estimate of drug-likeness (QED) is 0.603. The van der Waals surface area contributed by atoms with E-state index in [0.717, 1.165) is 31.6 Å². The Morgan fingerprint density at radius 1 is 1.03 bits per heavy atom. The van der Waals surface area contributed by atoms with Gasteiger partial charge < -0.3 is 19.7 Å². The maximum atomic E-state index is 12.4. The number of hydrogen-bond donors (Lipinski definition) is 2. The van der Waals surface area contributed by atoms with E-state index >= 15 is 0 Å². The number of pyridine rings is 1. The molecule has 2 N–H and O–H groups in total. The van der Waals surface area contributed by atoms with E-state index in [4.69, 9.17) is 0 Å². The fraction of sp³-hybridized carbons (Fsp3) is 0.348. The summed E-state index contributed by atoms with van der Waals surface area (Å²) in [6, 6.07) is 10.3. The third-order valence-corrected chi connectivity index (χ3v) is 6.09. The van der Waals surface area contributed by atoms with Crippen LogP contribution in [-0.4, -0.2) is 74.2 Å². The van der Waals surface area contributed by atoms with Crippen LogP contribution in [-0.2, 0) is 18.3 Å². The second-order valence-electron chi connectivity index (χ2n) is 7.87. The molecule has 1 saturated heterocycles. The minimum Gasteiger partial charge on any atom is -0.480 e. The van der Waals surface area contributed by atoms with Gasteiger partial charge in [0.05, 0.1) is 0 Å². The Kier molecular flexibility index (Phi) is 6.01. The summed E-state index contributed by atoms with van der Waals surface area (Å²) in [4.78, 5) is 32.6. The van der Waals surface area contributed by atoms with Crippen molar-refractivity contribution < 1.29 is 19.8 Å². The number of benzene rings is 1. The van der Waals surface area contributed by atoms with Gasteiger partial charge in [-0.15, -0.1) is 0 Å². The fourth-order valence-electron chi connectivity index (χ4n) is 4.50. The van der Waals surface area contributed by atoms with E-state index in [-0.39, 0.29) is 5.69 Å². The number of carbonyl (C=O) groups is 2. The molecule has 8 nitrogen and oxygen atoms in total. The van der Waals surface area contributed by atoms with E-state index in [1.165, 1.54) is 5.56 Å². The lowest BCUT2D eigenvalue weighted by Gasteiger charge is -2.38. The van der Waals surface area contributed by atoms with Gasteiger partial charge in [0.1, 0.15) is 11.7 Å². The van der Waals surface area contributed by atoms with Gasteiger partial charge in [0.2, 0.25) is 0 Å². The number of piperazine rings is 1. The minimum absolute atomic E-state index is 0.0358. The summed E-state index contributed by atoms with van der Waals surface area (Å²) in [5.74, 6) is -2.14. The van der Waals surface area contributed by atoms with E-state index in [1.807, 2.05) is 35.2 Å². The van der Waals surface area contributed by atoms with Crippen molar-refractivity contribution >= 4 is 22.8 Å². The largest absolute Gasteiger partial charge is 0.480 e. The van der Waals surface area contributed by atoms with Crippen molar-refractivity contribution in [2.24, 2.45) is 7.05 Å². The Balaban J connectivity index is 1.55. The van der Waals surface area contributed by atoms with Crippen molar-refractivity contribution in [1.82, 2.24) is 19.4 Å². The van der Waals surface area contributed by atoms with Crippen LogP contribution < -0.4 is 0 Å². The monoisotopic (exact) mass is 422 g/mol. The number of nitrogens with zero attached hydrogens (tertiary/aromatic N) is 4. The highest BCUT2D eigenvalue weighted by atomic mass is 16.4. The Bertz CT molecular complexity index is 1090. The predicted octanol–water partition coefficient (Wildman–Crippen LogP) is 2.26. The van der Waals surface area contributed by atoms with Gasteiger partial charge in [-0.2, -0.15) is 0 Å². The predicted molar refractivity (Wildman–Crippen MR) is 116 cm³/mol. The highest BCUT2D eigenvalue weighted by Crippen LogP contribution is 2.34. The molecule has 31 heavy (non-hydrogen) atoms. The Hall–Kier alpha value is -3.23.